The van der Waals surface area contributed by atoms with Crippen molar-refractivity contribution >= 4 is 31.4 Å². The van der Waals surface area contributed by atoms with Gasteiger partial charge in [0.25, 0.3) is 0 Å². The minimum atomic E-state index is -3.99. The number of rotatable bonds is 9. The van der Waals surface area contributed by atoms with Crippen molar-refractivity contribution in [3.63, 3.8) is 0 Å². The van der Waals surface area contributed by atoms with E-state index in [9.17, 15) is 8.42 Å². The van der Waals surface area contributed by atoms with Gasteiger partial charge in [-0.2, -0.15) is 0 Å². The Morgan fingerprint density at radius 3 is 1.79 bits per heavy atom. The van der Waals surface area contributed by atoms with Gasteiger partial charge in [-0.1, -0.05) is 74.5 Å². The third-order valence-electron chi connectivity index (χ3n) is 6.00. The van der Waals surface area contributed by atoms with Crippen LogP contribution in [0.2, 0.25) is 0 Å². The maximum absolute atomic E-state index is 14.3. The van der Waals surface area contributed by atoms with Gasteiger partial charge in [-0.25, -0.2) is 8.42 Å². The minimum Gasteiger partial charge on any atom is -0.495 e. The highest BCUT2D eigenvalue weighted by atomic mass is 32.2. The van der Waals surface area contributed by atoms with Crippen LogP contribution < -0.4 is 9.47 Å². The van der Waals surface area contributed by atoms with Gasteiger partial charge in [0.15, 0.2) is 0 Å². The van der Waals surface area contributed by atoms with Gasteiger partial charge in [0, 0.05) is 17.3 Å². The summed E-state index contributed by atoms with van der Waals surface area (Å²) in [6.07, 6.45) is 0. The predicted octanol–water partition coefficient (Wildman–Crippen LogP) is 5.56. The molecule has 0 radical (unpaired) electrons. The molecule has 0 aliphatic heterocycles. The molecule has 0 atom stereocenters. The Morgan fingerprint density at radius 2 is 1.24 bits per heavy atom. The quantitative estimate of drug-likeness (QED) is 0.325. The predicted molar refractivity (Wildman–Crippen MR) is 133 cm³/mol. The fourth-order valence-electron chi connectivity index (χ4n) is 4.20. The Balaban J connectivity index is 1.92. The smallest absolute Gasteiger partial charge is 0.215 e. The maximum atomic E-state index is 14.3. The first kappa shape index (κ1) is 23.1. The highest BCUT2D eigenvalue weighted by Crippen LogP contribution is 2.42. The van der Waals surface area contributed by atoms with E-state index in [0.29, 0.717) is 28.9 Å². The number of fused-ring (bicyclic) bond motifs is 2. The van der Waals surface area contributed by atoms with E-state index in [-0.39, 0.29) is 9.79 Å². The standard InChI is InChI=1S/C27H29NO4S/c1-4-28(5-2)18-19-32-25-17-15-21-11-7-9-13-23(21)27(25)33(29,30)26-22-12-8-6-10-20(22)14-16-24(26)31-3/h6-17H,4-5,18-19H2,1-3H3. The van der Waals surface area contributed by atoms with Gasteiger partial charge in [-0.05, 0) is 36.0 Å². The zero-order valence-electron chi connectivity index (χ0n) is 19.2. The van der Waals surface area contributed by atoms with Crippen molar-refractivity contribution in [1.82, 2.24) is 4.90 Å². The average molecular weight is 464 g/mol. The topological polar surface area (TPSA) is 55.8 Å². The van der Waals surface area contributed by atoms with E-state index in [1.165, 1.54) is 7.11 Å². The number of methoxy groups -OCH3 is 1. The van der Waals surface area contributed by atoms with E-state index in [1.54, 1.807) is 12.1 Å². The first-order valence-electron chi connectivity index (χ1n) is 11.2. The van der Waals surface area contributed by atoms with Crippen LogP contribution in [0.15, 0.2) is 82.6 Å². The van der Waals surface area contributed by atoms with E-state index >= 15 is 0 Å². The van der Waals surface area contributed by atoms with Crippen LogP contribution in [0, 0.1) is 0 Å². The number of hydrogen-bond acceptors (Lipinski definition) is 5. The number of nitrogens with zero attached hydrogens (tertiary/aromatic N) is 1. The molecule has 0 unspecified atom stereocenters. The third-order valence-corrected chi connectivity index (χ3v) is 7.92. The summed E-state index contributed by atoms with van der Waals surface area (Å²) in [5.74, 6) is 0.673. The first-order valence-corrected chi connectivity index (χ1v) is 12.7. The van der Waals surface area contributed by atoms with Gasteiger partial charge in [0.05, 0.1) is 7.11 Å². The lowest BCUT2D eigenvalue weighted by Crippen LogP contribution is -2.28. The zero-order chi connectivity index (χ0) is 23.4. The van der Waals surface area contributed by atoms with Crippen LogP contribution in [0.1, 0.15) is 13.8 Å². The lowest BCUT2D eigenvalue weighted by atomic mass is 10.1. The molecule has 0 bridgehead atoms. The molecule has 0 fully saturated rings. The number of ether oxygens (including phenoxy) is 2. The molecule has 4 aromatic rings. The maximum Gasteiger partial charge on any atom is 0.215 e. The number of hydrogen-bond donors (Lipinski definition) is 0. The van der Waals surface area contributed by atoms with E-state index in [2.05, 4.69) is 18.7 Å². The second kappa shape index (κ2) is 9.81. The lowest BCUT2D eigenvalue weighted by molar-refractivity contribution is 0.220. The molecule has 0 aliphatic carbocycles. The van der Waals surface area contributed by atoms with E-state index < -0.39 is 9.84 Å². The highest BCUT2D eigenvalue weighted by molar-refractivity contribution is 7.92. The Labute approximate surface area is 195 Å². The number of sulfone groups is 1. The zero-order valence-corrected chi connectivity index (χ0v) is 20.1. The SMILES string of the molecule is CCN(CC)CCOc1ccc2ccccc2c1S(=O)(=O)c1c(OC)ccc2ccccc12. The molecule has 0 aromatic heterocycles. The summed E-state index contributed by atoms with van der Waals surface area (Å²) in [5, 5.41) is 2.93. The van der Waals surface area contributed by atoms with Crippen LogP contribution in [-0.2, 0) is 9.84 Å². The molecule has 0 saturated carbocycles. The van der Waals surface area contributed by atoms with Gasteiger partial charge in [-0.3, -0.25) is 0 Å². The fourth-order valence-corrected chi connectivity index (χ4v) is 6.16. The number of likely N-dealkylation sites (N-methyl/N-ethyl adjacent to an activating group) is 1. The monoisotopic (exact) mass is 463 g/mol. The summed E-state index contributed by atoms with van der Waals surface area (Å²) in [7, 11) is -2.50. The molecule has 5 nitrogen and oxygen atoms in total. The molecule has 0 spiro atoms. The lowest BCUT2D eigenvalue weighted by Gasteiger charge is -2.20. The van der Waals surface area contributed by atoms with Gasteiger partial charge < -0.3 is 14.4 Å². The summed E-state index contributed by atoms with van der Waals surface area (Å²) >= 11 is 0. The van der Waals surface area contributed by atoms with E-state index in [0.717, 1.165) is 30.4 Å². The van der Waals surface area contributed by atoms with Crippen LogP contribution in [-0.4, -0.2) is 46.7 Å². The fraction of sp³-hybridized carbons (Fsp3) is 0.259. The third kappa shape index (κ3) is 4.41. The second-order valence-electron chi connectivity index (χ2n) is 7.81. The van der Waals surface area contributed by atoms with Gasteiger partial charge >= 0.3 is 0 Å². The average Bonchev–Trinajstić information content (AvgIpc) is 2.85. The largest absolute Gasteiger partial charge is 0.495 e. The van der Waals surface area contributed by atoms with Gasteiger partial charge in [0.1, 0.15) is 27.9 Å². The molecule has 4 rings (SSSR count). The van der Waals surface area contributed by atoms with Crippen LogP contribution in [0.4, 0.5) is 0 Å². The highest BCUT2D eigenvalue weighted by Gasteiger charge is 2.30. The molecule has 0 heterocycles. The molecule has 0 N–H and O–H groups in total. The van der Waals surface area contributed by atoms with Crippen molar-refractivity contribution in [3.05, 3.63) is 72.8 Å². The molecule has 0 aliphatic rings. The summed E-state index contributed by atoms with van der Waals surface area (Å²) in [6.45, 7) is 7.14. The Bertz CT molecular complexity index is 1380. The summed E-state index contributed by atoms with van der Waals surface area (Å²) in [4.78, 5) is 2.58. The summed E-state index contributed by atoms with van der Waals surface area (Å²) in [5.41, 5.74) is 0. The molecule has 4 aromatic carbocycles. The summed E-state index contributed by atoms with van der Waals surface area (Å²) < 4.78 is 40.2. The normalized spacial score (nSPS) is 11.9. The second-order valence-corrected chi connectivity index (χ2v) is 9.63. The van der Waals surface area contributed by atoms with Crippen molar-refractivity contribution in [1.29, 1.82) is 0 Å². The van der Waals surface area contributed by atoms with Crippen molar-refractivity contribution < 1.29 is 17.9 Å². The van der Waals surface area contributed by atoms with Crippen molar-refractivity contribution in [2.45, 2.75) is 23.6 Å². The Morgan fingerprint density at radius 1 is 0.727 bits per heavy atom. The Kier molecular flexibility index (Phi) is 6.86. The first-order chi connectivity index (χ1) is 16.0. The van der Waals surface area contributed by atoms with Crippen molar-refractivity contribution in [2.24, 2.45) is 0 Å². The van der Waals surface area contributed by atoms with Crippen LogP contribution in [0.5, 0.6) is 11.5 Å². The van der Waals surface area contributed by atoms with Crippen molar-refractivity contribution in [2.75, 3.05) is 33.4 Å². The van der Waals surface area contributed by atoms with E-state index in [1.807, 2.05) is 60.7 Å². The number of benzene rings is 4. The van der Waals surface area contributed by atoms with E-state index in [4.69, 9.17) is 9.47 Å². The molecule has 6 heteroatoms. The molecule has 33 heavy (non-hydrogen) atoms. The van der Waals surface area contributed by atoms with Crippen LogP contribution in [0.3, 0.4) is 0 Å². The van der Waals surface area contributed by atoms with Crippen LogP contribution in [0.25, 0.3) is 21.5 Å². The summed E-state index contributed by atoms with van der Waals surface area (Å²) in [6, 6.07) is 22.2. The molecule has 0 amide bonds. The van der Waals surface area contributed by atoms with Gasteiger partial charge in [0.2, 0.25) is 9.84 Å². The minimum absolute atomic E-state index is 0.160. The molecular formula is C27H29NO4S. The van der Waals surface area contributed by atoms with Gasteiger partial charge in [-0.15, -0.1) is 0 Å². The molecule has 172 valence electrons. The van der Waals surface area contributed by atoms with Crippen molar-refractivity contribution in [3.8, 4) is 11.5 Å². The van der Waals surface area contributed by atoms with Crippen LogP contribution >= 0.6 is 0 Å². The molecule has 0 saturated heterocycles. The Hall–Kier alpha value is -3.09. The molecular weight excluding hydrogens is 434 g/mol.